The van der Waals surface area contributed by atoms with E-state index >= 15 is 0 Å². The molecule has 4 heteroatoms. The highest BCUT2D eigenvalue weighted by Gasteiger charge is 2.63. The maximum Gasteiger partial charge on any atom is 0.307 e. The summed E-state index contributed by atoms with van der Waals surface area (Å²) in [5, 5.41) is 18.9. The molecule has 0 aliphatic heterocycles. The first-order chi connectivity index (χ1) is 7.37. The Labute approximate surface area is 102 Å². The van der Waals surface area contributed by atoms with Crippen molar-refractivity contribution in [2.75, 3.05) is 0 Å². The van der Waals surface area contributed by atoms with Crippen LogP contribution >= 0.6 is 15.9 Å². The smallest absolute Gasteiger partial charge is 0.307 e. The summed E-state index contributed by atoms with van der Waals surface area (Å²) >= 11 is 3.36. The third-order valence-electron chi connectivity index (χ3n) is 3.43. The van der Waals surface area contributed by atoms with Crippen LogP contribution in [0.4, 0.5) is 0 Å². The summed E-state index contributed by atoms with van der Waals surface area (Å²) in [5.41, 5.74) is 0.410. The lowest BCUT2D eigenvalue weighted by atomic mass is 10.0. The fourth-order valence-electron chi connectivity index (χ4n) is 2.47. The van der Waals surface area contributed by atoms with Gasteiger partial charge in [-0.15, -0.1) is 0 Å². The quantitative estimate of drug-likeness (QED) is 0.878. The van der Waals surface area contributed by atoms with Crippen LogP contribution in [0.5, 0.6) is 5.75 Å². The van der Waals surface area contributed by atoms with Gasteiger partial charge in [0.15, 0.2) is 0 Å². The van der Waals surface area contributed by atoms with E-state index < -0.39 is 11.9 Å². The zero-order valence-corrected chi connectivity index (χ0v) is 10.7. The number of phenols is 1. The number of phenolic OH excluding ortho intramolecular Hbond substituents is 1. The second-order valence-corrected chi connectivity index (χ2v) is 5.64. The molecule has 16 heavy (non-hydrogen) atoms. The van der Waals surface area contributed by atoms with E-state index in [1.54, 1.807) is 12.1 Å². The van der Waals surface area contributed by atoms with Crippen LogP contribution in [0.3, 0.4) is 0 Å². The van der Waals surface area contributed by atoms with Crippen LogP contribution in [0.2, 0.25) is 0 Å². The molecule has 1 aromatic carbocycles. The van der Waals surface area contributed by atoms with Crippen LogP contribution in [-0.4, -0.2) is 16.2 Å². The van der Waals surface area contributed by atoms with Crippen molar-refractivity contribution in [3.63, 3.8) is 0 Å². The molecular formula is C12H13BrO3. The average Bonchev–Trinajstić information content (AvgIpc) is 2.69. The van der Waals surface area contributed by atoms with E-state index in [0.717, 1.165) is 4.47 Å². The maximum atomic E-state index is 11.1. The van der Waals surface area contributed by atoms with Gasteiger partial charge in [-0.25, -0.2) is 0 Å². The van der Waals surface area contributed by atoms with Gasteiger partial charge in [-0.1, -0.05) is 35.8 Å². The van der Waals surface area contributed by atoms with Crippen LogP contribution < -0.4 is 0 Å². The zero-order valence-electron chi connectivity index (χ0n) is 9.07. The molecule has 0 unspecified atom stereocenters. The Morgan fingerprint density at radius 3 is 2.50 bits per heavy atom. The molecule has 0 saturated heterocycles. The SMILES string of the molecule is CC1(C)[C@H](C(=O)O)[C@H]1c1c(O)cccc1Br. The van der Waals surface area contributed by atoms with Gasteiger partial charge < -0.3 is 10.2 Å². The molecule has 1 fully saturated rings. The predicted molar refractivity (Wildman–Crippen MR) is 63.5 cm³/mol. The molecular weight excluding hydrogens is 272 g/mol. The monoisotopic (exact) mass is 284 g/mol. The van der Waals surface area contributed by atoms with Crippen molar-refractivity contribution in [1.29, 1.82) is 0 Å². The number of hydrogen-bond donors (Lipinski definition) is 2. The van der Waals surface area contributed by atoms with Gasteiger partial charge in [0.25, 0.3) is 0 Å². The lowest BCUT2D eigenvalue weighted by molar-refractivity contribution is -0.139. The largest absolute Gasteiger partial charge is 0.508 e. The number of aliphatic carboxylic acids is 1. The van der Waals surface area contributed by atoms with Crippen molar-refractivity contribution >= 4 is 21.9 Å². The second kappa shape index (κ2) is 3.48. The number of carbonyl (C=O) groups is 1. The molecule has 0 aromatic heterocycles. The number of halogens is 1. The molecule has 0 amide bonds. The molecule has 0 radical (unpaired) electrons. The van der Waals surface area contributed by atoms with E-state index in [1.807, 2.05) is 19.9 Å². The van der Waals surface area contributed by atoms with E-state index in [1.165, 1.54) is 0 Å². The minimum atomic E-state index is -0.801. The Kier molecular flexibility index (Phi) is 2.49. The van der Waals surface area contributed by atoms with Gasteiger partial charge in [0.1, 0.15) is 5.75 Å². The number of hydrogen-bond acceptors (Lipinski definition) is 2. The van der Waals surface area contributed by atoms with Crippen LogP contribution in [0.25, 0.3) is 0 Å². The third kappa shape index (κ3) is 1.52. The van der Waals surface area contributed by atoms with Gasteiger partial charge in [0.05, 0.1) is 5.92 Å². The average molecular weight is 285 g/mol. The van der Waals surface area contributed by atoms with Gasteiger partial charge in [0.2, 0.25) is 0 Å². The van der Waals surface area contributed by atoms with E-state index in [0.29, 0.717) is 5.56 Å². The molecule has 1 aliphatic rings. The minimum absolute atomic E-state index is 0.124. The first-order valence-corrected chi connectivity index (χ1v) is 5.87. The number of carboxylic acid groups (broad SMARTS) is 1. The fraction of sp³-hybridized carbons (Fsp3) is 0.417. The van der Waals surface area contributed by atoms with Gasteiger partial charge >= 0.3 is 5.97 Å². The van der Waals surface area contributed by atoms with Crippen LogP contribution in [0, 0.1) is 11.3 Å². The van der Waals surface area contributed by atoms with Crippen molar-refractivity contribution in [3.05, 3.63) is 28.2 Å². The summed E-state index contributed by atoms with van der Waals surface area (Å²) in [6.45, 7) is 3.82. The molecule has 0 bridgehead atoms. The molecule has 0 heterocycles. The Morgan fingerprint density at radius 2 is 2.06 bits per heavy atom. The molecule has 2 rings (SSSR count). The van der Waals surface area contributed by atoms with Crippen molar-refractivity contribution in [3.8, 4) is 5.75 Å². The van der Waals surface area contributed by atoms with Crippen molar-refractivity contribution in [2.45, 2.75) is 19.8 Å². The zero-order chi connectivity index (χ0) is 12.1. The molecule has 2 atom stereocenters. The summed E-state index contributed by atoms with van der Waals surface area (Å²) in [6.07, 6.45) is 0. The Morgan fingerprint density at radius 1 is 1.44 bits per heavy atom. The Balaban J connectivity index is 2.45. The minimum Gasteiger partial charge on any atom is -0.508 e. The highest BCUT2D eigenvalue weighted by atomic mass is 79.9. The van der Waals surface area contributed by atoms with Gasteiger partial charge in [-0.2, -0.15) is 0 Å². The highest BCUT2D eigenvalue weighted by molar-refractivity contribution is 9.10. The normalized spacial score (nSPS) is 26.4. The highest BCUT2D eigenvalue weighted by Crippen LogP contribution is 2.66. The van der Waals surface area contributed by atoms with Gasteiger partial charge in [-0.3, -0.25) is 4.79 Å². The maximum absolute atomic E-state index is 11.1. The number of carboxylic acids is 1. The number of rotatable bonds is 2. The van der Waals surface area contributed by atoms with Crippen molar-refractivity contribution < 1.29 is 15.0 Å². The molecule has 1 aromatic rings. The first kappa shape index (κ1) is 11.5. The second-order valence-electron chi connectivity index (χ2n) is 4.79. The summed E-state index contributed by atoms with van der Waals surface area (Å²) in [5.74, 6) is -1.18. The topological polar surface area (TPSA) is 57.5 Å². The van der Waals surface area contributed by atoms with Crippen molar-refractivity contribution in [2.24, 2.45) is 11.3 Å². The van der Waals surface area contributed by atoms with Crippen LogP contribution in [-0.2, 0) is 4.79 Å². The van der Waals surface area contributed by atoms with E-state index in [-0.39, 0.29) is 17.1 Å². The number of benzene rings is 1. The summed E-state index contributed by atoms with van der Waals surface area (Å²) < 4.78 is 0.773. The lowest BCUT2D eigenvalue weighted by Gasteiger charge is -2.07. The molecule has 1 aliphatic carbocycles. The molecule has 3 nitrogen and oxygen atoms in total. The van der Waals surface area contributed by atoms with Gasteiger partial charge in [0, 0.05) is 16.0 Å². The predicted octanol–water partition coefficient (Wildman–Crippen LogP) is 2.98. The standard InChI is InChI=1S/C12H13BrO3/c1-12(2)9(10(12)11(15)16)8-6(13)4-3-5-7(8)14/h3-5,9-10,14H,1-2H3,(H,15,16)/t9-,10+/m1/s1. The van der Waals surface area contributed by atoms with Crippen LogP contribution in [0.15, 0.2) is 22.7 Å². The number of aromatic hydroxyl groups is 1. The fourth-order valence-corrected chi connectivity index (χ4v) is 3.07. The first-order valence-electron chi connectivity index (χ1n) is 5.07. The third-order valence-corrected chi connectivity index (χ3v) is 4.13. The van der Waals surface area contributed by atoms with Crippen molar-refractivity contribution in [1.82, 2.24) is 0 Å². The lowest BCUT2D eigenvalue weighted by Crippen LogP contribution is -2.03. The summed E-state index contributed by atoms with van der Waals surface area (Å²) in [6, 6.07) is 5.14. The van der Waals surface area contributed by atoms with Gasteiger partial charge in [-0.05, 0) is 17.5 Å². The summed E-state index contributed by atoms with van der Waals surface area (Å²) in [4.78, 5) is 11.1. The Bertz CT molecular complexity index is 433. The van der Waals surface area contributed by atoms with E-state index in [4.69, 9.17) is 5.11 Å². The Hall–Kier alpha value is -1.03. The van der Waals surface area contributed by atoms with E-state index in [2.05, 4.69) is 15.9 Å². The van der Waals surface area contributed by atoms with Crippen LogP contribution in [0.1, 0.15) is 25.3 Å². The molecule has 0 spiro atoms. The molecule has 1 saturated carbocycles. The molecule has 2 N–H and O–H groups in total. The summed E-state index contributed by atoms with van der Waals surface area (Å²) in [7, 11) is 0. The van der Waals surface area contributed by atoms with E-state index in [9.17, 15) is 9.90 Å². The molecule has 86 valence electrons.